The number of carbonyl (C=O) groups is 3. The lowest BCUT2D eigenvalue weighted by Gasteiger charge is -2.13. The lowest BCUT2D eigenvalue weighted by Crippen LogP contribution is -2.32. The molecular formula is C20H22N2O6. The minimum Gasteiger partial charge on any atom is -0.473 e. The van der Waals surface area contributed by atoms with Crippen LogP contribution in [0.4, 0.5) is 10.5 Å². The zero-order valence-electron chi connectivity index (χ0n) is 16.1. The highest BCUT2D eigenvalue weighted by Crippen LogP contribution is 2.20. The van der Waals surface area contributed by atoms with Crippen LogP contribution in [0.2, 0.25) is 0 Å². The van der Waals surface area contributed by atoms with Crippen molar-refractivity contribution in [2.45, 2.75) is 13.8 Å². The Morgan fingerprint density at radius 3 is 2.25 bits per heavy atom. The van der Waals surface area contributed by atoms with Crippen LogP contribution in [0, 0.1) is 13.8 Å². The second-order valence-corrected chi connectivity index (χ2v) is 5.91. The number of aryl methyl sites for hydroxylation is 2. The first-order valence-electron chi connectivity index (χ1n) is 8.41. The lowest BCUT2D eigenvalue weighted by atomic mass is 10.1. The number of hydrogen-bond donors (Lipinski definition) is 2. The molecule has 2 aromatic rings. The van der Waals surface area contributed by atoms with Crippen LogP contribution in [0.5, 0.6) is 5.75 Å². The Morgan fingerprint density at radius 1 is 0.893 bits per heavy atom. The second-order valence-electron chi connectivity index (χ2n) is 5.91. The van der Waals surface area contributed by atoms with Gasteiger partial charge in [-0.25, -0.2) is 14.4 Å². The third-order valence-electron chi connectivity index (χ3n) is 4.04. The van der Waals surface area contributed by atoms with Crippen LogP contribution in [0.1, 0.15) is 31.8 Å². The fraction of sp³-hybridized carbons (Fsp3) is 0.250. The van der Waals surface area contributed by atoms with Gasteiger partial charge in [0, 0.05) is 0 Å². The van der Waals surface area contributed by atoms with E-state index in [0.717, 1.165) is 11.1 Å². The number of ether oxygens (including phenoxy) is 3. The maximum atomic E-state index is 12.2. The average Bonchev–Trinajstić information content (AvgIpc) is 2.69. The van der Waals surface area contributed by atoms with Crippen molar-refractivity contribution < 1.29 is 28.6 Å². The molecule has 8 nitrogen and oxygen atoms in total. The molecule has 0 heterocycles. The lowest BCUT2D eigenvalue weighted by molar-refractivity contribution is 0.0587. The molecule has 0 saturated carbocycles. The Morgan fingerprint density at radius 2 is 1.61 bits per heavy atom. The van der Waals surface area contributed by atoms with Gasteiger partial charge in [-0.1, -0.05) is 6.07 Å². The molecule has 0 bridgehead atoms. The SMILES string of the molecule is COC(=O)c1ccc(C(=O)OC)c(NC(=O)NCOc2ccc(C)c(C)c2)c1. The van der Waals surface area contributed by atoms with Gasteiger partial charge in [-0.2, -0.15) is 0 Å². The number of urea groups is 1. The summed E-state index contributed by atoms with van der Waals surface area (Å²) in [5.41, 5.74) is 2.60. The average molecular weight is 386 g/mol. The minimum absolute atomic E-state index is 0.0847. The van der Waals surface area contributed by atoms with Gasteiger partial charge in [0.2, 0.25) is 0 Å². The van der Waals surface area contributed by atoms with Crippen molar-refractivity contribution in [1.29, 1.82) is 0 Å². The molecule has 0 atom stereocenters. The van der Waals surface area contributed by atoms with E-state index in [9.17, 15) is 14.4 Å². The molecule has 2 rings (SSSR count). The fourth-order valence-electron chi connectivity index (χ4n) is 2.34. The number of benzene rings is 2. The van der Waals surface area contributed by atoms with Crippen molar-refractivity contribution in [3.63, 3.8) is 0 Å². The quantitative estimate of drug-likeness (QED) is 0.584. The summed E-state index contributed by atoms with van der Waals surface area (Å²) in [5.74, 6) is -0.637. The Bertz CT molecular complexity index is 894. The van der Waals surface area contributed by atoms with Crippen LogP contribution in [-0.2, 0) is 9.47 Å². The normalized spacial score (nSPS) is 10.0. The zero-order valence-corrected chi connectivity index (χ0v) is 16.1. The second kappa shape index (κ2) is 9.40. The topological polar surface area (TPSA) is 103 Å². The number of rotatable bonds is 6. The minimum atomic E-state index is -0.655. The molecule has 8 heteroatoms. The van der Waals surface area contributed by atoms with Gasteiger partial charge in [0.15, 0.2) is 6.73 Å². The maximum Gasteiger partial charge on any atom is 0.339 e. The standard InChI is InChI=1S/C20H22N2O6/c1-12-5-7-15(9-13(12)2)28-11-21-20(25)22-17-10-14(18(23)26-3)6-8-16(17)19(24)27-4/h5-10H,11H2,1-4H3,(H2,21,22,25). The van der Waals surface area contributed by atoms with E-state index in [1.807, 2.05) is 26.0 Å². The molecule has 0 saturated heterocycles. The van der Waals surface area contributed by atoms with Crippen molar-refractivity contribution in [3.8, 4) is 5.75 Å². The molecule has 0 fully saturated rings. The van der Waals surface area contributed by atoms with Gasteiger partial charge in [0.05, 0.1) is 31.0 Å². The Kier molecular flexibility index (Phi) is 6.97. The van der Waals surface area contributed by atoms with Crippen LogP contribution in [0.25, 0.3) is 0 Å². The molecule has 0 spiro atoms. The maximum absolute atomic E-state index is 12.2. The van der Waals surface area contributed by atoms with Crippen molar-refractivity contribution in [3.05, 3.63) is 58.7 Å². The Hall–Kier alpha value is -3.55. The summed E-state index contributed by atoms with van der Waals surface area (Å²) in [4.78, 5) is 35.8. The Labute approximate surface area is 162 Å². The van der Waals surface area contributed by atoms with Crippen molar-refractivity contribution >= 4 is 23.7 Å². The summed E-state index contributed by atoms with van der Waals surface area (Å²) < 4.78 is 14.8. The number of amides is 2. The van der Waals surface area contributed by atoms with E-state index in [2.05, 4.69) is 15.4 Å². The molecule has 28 heavy (non-hydrogen) atoms. The molecule has 2 aromatic carbocycles. The molecule has 2 amide bonds. The highest BCUT2D eigenvalue weighted by atomic mass is 16.5. The molecule has 0 radical (unpaired) electrons. The number of methoxy groups -OCH3 is 2. The number of anilines is 1. The van der Waals surface area contributed by atoms with E-state index in [1.54, 1.807) is 6.07 Å². The van der Waals surface area contributed by atoms with Gasteiger partial charge in [0.1, 0.15) is 5.75 Å². The monoisotopic (exact) mass is 386 g/mol. The molecule has 0 aliphatic carbocycles. The molecular weight excluding hydrogens is 364 g/mol. The first-order chi connectivity index (χ1) is 13.3. The summed E-state index contributed by atoms with van der Waals surface area (Å²) in [7, 11) is 2.46. The third kappa shape index (κ3) is 5.23. The van der Waals surface area contributed by atoms with Crippen molar-refractivity contribution in [2.24, 2.45) is 0 Å². The smallest absolute Gasteiger partial charge is 0.339 e. The van der Waals surface area contributed by atoms with Gasteiger partial charge < -0.3 is 24.8 Å². The van der Waals surface area contributed by atoms with E-state index in [-0.39, 0.29) is 23.5 Å². The van der Waals surface area contributed by atoms with E-state index in [1.165, 1.54) is 32.4 Å². The van der Waals surface area contributed by atoms with Crippen LogP contribution in [-0.4, -0.2) is 38.9 Å². The largest absolute Gasteiger partial charge is 0.473 e. The predicted octanol–water partition coefficient (Wildman–Crippen LogP) is 3.03. The Balaban J connectivity index is 2.05. The number of esters is 2. The first kappa shape index (κ1) is 20.8. The van der Waals surface area contributed by atoms with E-state index >= 15 is 0 Å². The van der Waals surface area contributed by atoms with Crippen LogP contribution < -0.4 is 15.4 Å². The highest BCUT2D eigenvalue weighted by molar-refractivity contribution is 6.03. The molecule has 0 aliphatic heterocycles. The van der Waals surface area contributed by atoms with E-state index in [4.69, 9.17) is 9.47 Å². The summed E-state index contributed by atoms with van der Waals surface area (Å²) in [6.07, 6.45) is 0. The molecule has 0 unspecified atom stereocenters. The highest BCUT2D eigenvalue weighted by Gasteiger charge is 2.17. The van der Waals surface area contributed by atoms with Gasteiger partial charge in [-0.3, -0.25) is 0 Å². The van der Waals surface area contributed by atoms with Crippen molar-refractivity contribution in [1.82, 2.24) is 5.32 Å². The van der Waals surface area contributed by atoms with Gasteiger partial charge in [-0.15, -0.1) is 0 Å². The number of hydrogen-bond acceptors (Lipinski definition) is 6. The van der Waals surface area contributed by atoms with Crippen LogP contribution >= 0.6 is 0 Å². The van der Waals surface area contributed by atoms with Gasteiger partial charge in [0.25, 0.3) is 0 Å². The van der Waals surface area contributed by atoms with Crippen molar-refractivity contribution in [2.75, 3.05) is 26.3 Å². The summed E-state index contributed by atoms with van der Waals surface area (Å²) in [6.45, 7) is 3.87. The molecule has 0 aromatic heterocycles. The summed E-state index contributed by atoms with van der Waals surface area (Å²) in [6, 6.07) is 9.09. The fourth-order valence-corrected chi connectivity index (χ4v) is 2.34. The summed E-state index contributed by atoms with van der Waals surface area (Å²) >= 11 is 0. The molecule has 0 aliphatic rings. The van der Waals surface area contributed by atoms with Gasteiger partial charge in [-0.05, 0) is 55.3 Å². The number of nitrogens with one attached hydrogen (secondary N) is 2. The van der Waals surface area contributed by atoms with E-state index in [0.29, 0.717) is 5.75 Å². The van der Waals surface area contributed by atoms with Gasteiger partial charge >= 0.3 is 18.0 Å². The third-order valence-corrected chi connectivity index (χ3v) is 4.04. The molecule has 2 N–H and O–H groups in total. The van der Waals surface area contributed by atoms with Crippen LogP contribution in [0.15, 0.2) is 36.4 Å². The zero-order chi connectivity index (χ0) is 20.7. The van der Waals surface area contributed by atoms with E-state index < -0.39 is 18.0 Å². The predicted molar refractivity (Wildman–Crippen MR) is 103 cm³/mol. The summed E-state index contributed by atoms with van der Waals surface area (Å²) in [5, 5.41) is 5.03. The number of carbonyl (C=O) groups excluding carboxylic acids is 3. The van der Waals surface area contributed by atoms with Crippen LogP contribution in [0.3, 0.4) is 0 Å². The first-order valence-corrected chi connectivity index (χ1v) is 8.41. The molecule has 148 valence electrons.